The molecule has 2 atom stereocenters. The average molecular weight is 221 g/mol. The molecule has 0 fully saturated rings. The molecule has 8 nitrogen and oxygen atoms in total. The molecule has 0 bridgehead atoms. The van der Waals surface area contributed by atoms with Gasteiger partial charge in [-0.05, 0) is 6.08 Å². The lowest BCUT2D eigenvalue weighted by molar-refractivity contribution is -0.165. The lowest BCUT2D eigenvalue weighted by atomic mass is 10.2. The average Bonchev–Trinajstić information content (AvgIpc) is 2.16. The minimum absolute atomic E-state index is 0.481. The van der Waals surface area contributed by atoms with E-state index in [-0.39, 0.29) is 0 Å². The fourth-order valence-corrected chi connectivity index (χ4v) is 0.270. The topological polar surface area (TPSA) is 158 Å². The first-order valence-electron chi connectivity index (χ1n) is 3.47. The first kappa shape index (κ1) is 15.5. The number of aliphatic hydroxyl groups is 2. The van der Waals surface area contributed by atoms with E-state index in [0.717, 1.165) is 6.08 Å². The van der Waals surface area contributed by atoms with Crippen LogP contribution in [-0.4, -0.2) is 50.5 Å². The molecule has 0 saturated carbocycles. The summed E-state index contributed by atoms with van der Waals surface area (Å²) in [6, 6.07) is 0. The molecule has 0 aliphatic carbocycles. The normalized spacial score (nSPS) is 12.7. The van der Waals surface area contributed by atoms with Gasteiger partial charge in [0.25, 0.3) is 0 Å². The zero-order valence-corrected chi connectivity index (χ0v) is 7.53. The molecule has 0 saturated heterocycles. The molecule has 0 aliphatic rings. The summed E-state index contributed by atoms with van der Waals surface area (Å²) in [7, 11) is 0. The molecule has 0 aromatic rings. The van der Waals surface area contributed by atoms with E-state index in [4.69, 9.17) is 20.4 Å². The zero-order chi connectivity index (χ0) is 12.6. The predicted octanol–water partition coefficient (Wildman–Crippen LogP) is -2.46. The smallest absolute Gasteiger partial charge is 0.335 e. The van der Waals surface area contributed by atoms with Gasteiger partial charge in [-0.3, -0.25) is 4.79 Å². The summed E-state index contributed by atoms with van der Waals surface area (Å²) in [4.78, 5) is 29.0. The van der Waals surface area contributed by atoms with Gasteiger partial charge in [0.15, 0.2) is 12.2 Å². The minimum atomic E-state index is -2.27. The zero-order valence-electron chi connectivity index (χ0n) is 7.53. The van der Waals surface area contributed by atoms with E-state index in [0.29, 0.717) is 0 Å². The first-order chi connectivity index (χ1) is 6.73. The number of carbonyl (C=O) groups is 3. The van der Waals surface area contributed by atoms with Crippen molar-refractivity contribution in [2.24, 2.45) is 5.73 Å². The Kier molecular flexibility index (Phi) is 7.74. The lowest BCUT2D eigenvalue weighted by Gasteiger charge is -2.07. The summed E-state index contributed by atoms with van der Waals surface area (Å²) in [5.41, 5.74) is 4.53. The largest absolute Gasteiger partial charge is 0.479 e. The van der Waals surface area contributed by atoms with Crippen LogP contribution in [0.5, 0.6) is 0 Å². The summed E-state index contributed by atoms with van der Waals surface area (Å²) in [6.07, 6.45) is -3.48. The van der Waals surface area contributed by atoms with Crippen molar-refractivity contribution in [3.63, 3.8) is 0 Å². The Morgan fingerprint density at radius 1 is 1.07 bits per heavy atom. The second-order valence-electron chi connectivity index (χ2n) is 2.17. The van der Waals surface area contributed by atoms with Gasteiger partial charge in [-0.15, -0.1) is 0 Å². The van der Waals surface area contributed by atoms with Crippen molar-refractivity contribution >= 4 is 17.8 Å². The maximum Gasteiger partial charge on any atom is 0.335 e. The van der Waals surface area contributed by atoms with Crippen molar-refractivity contribution < 1.29 is 34.8 Å². The van der Waals surface area contributed by atoms with E-state index in [1.165, 1.54) is 0 Å². The molecular formula is C7H11NO7. The van der Waals surface area contributed by atoms with Crippen LogP contribution in [0.1, 0.15) is 0 Å². The van der Waals surface area contributed by atoms with Gasteiger partial charge in [-0.25, -0.2) is 9.59 Å². The molecule has 0 aliphatic heterocycles. The van der Waals surface area contributed by atoms with Gasteiger partial charge in [0.2, 0.25) is 5.91 Å². The van der Waals surface area contributed by atoms with Crippen LogP contribution in [0.15, 0.2) is 12.7 Å². The van der Waals surface area contributed by atoms with Gasteiger partial charge in [0, 0.05) is 0 Å². The molecule has 0 radical (unpaired) electrons. The molecule has 8 heteroatoms. The Hall–Kier alpha value is -1.93. The number of primary amides is 1. The van der Waals surface area contributed by atoms with Gasteiger partial charge in [0.05, 0.1) is 0 Å². The van der Waals surface area contributed by atoms with Crippen molar-refractivity contribution in [2.75, 3.05) is 0 Å². The number of hydrogen-bond acceptors (Lipinski definition) is 5. The highest BCUT2D eigenvalue weighted by Gasteiger charge is 2.29. The van der Waals surface area contributed by atoms with Crippen LogP contribution in [0.2, 0.25) is 0 Å². The van der Waals surface area contributed by atoms with Crippen molar-refractivity contribution in [2.45, 2.75) is 12.2 Å². The number of nitrogens with two attached hydrogens (primary N) is 1. The molecular weight excluding hydrogens is 210 g/mol. The second-order valence-corrected chi connectivity index (χ2v) is 2.17. The Morgan fingerprint density at radius 2 is 1.27 bits per heavy atom. The second kappa shape index (κ2) is 7.47. The maximum atomic E-state index is 9.77. The van der Waals surface area contributed by atoms with Crippen LogP contribution in [0.25, 0.3) is 0 Å². The quantitative estimate of drug-likeness (QED) is 0.329. The predicted molar refractivity (Wildman–Crippen MR) is 46.7 cm³/mol. The SMILES string of the molecule is C=CC(N)=O.O=C(O)[C@H](O)[C@@H](O)C(=O)O. The van der Waals surface area contributed by atoms with Gasteiger partial charge in [-0.2, -0.15) is 0 Å². The van der Waals surface area contributed by atoms with Crippen LogP contribution in [0.4, 0.5) is 0 Å². The number of carbonyl (C=O) groups excluding carboxylic acids is 1. The number of aliphatic carboxylic acids is 2. The fourth-order valence-electron chi connectivity index (χ4n) is 0.270. The molecule has 86 valence electrons. The molecule has 0 rings (SSSR count). The standard InChI is InChI=1S/C4H6O6.C3H5NO/c5-1(3(7)8)2(6)4(9)10;1-2-3(4)5/h1-2,5-6H,(H,7,8)(H,9,10);2H,1H2,(H2,4,5)/t1-,2-;/m1./s1. The molecule has 0 spiro atoms. The molecule has 6 N–H and O–H groups in total. The number of amides is 1. The molecule has 15 heavy (non-hydrogen) atoms. The number of carboxylic acids is 2. The molecule has 0 aromatic carbocycles. The fraction of sp³-hybridized carbons (Fsp3) is 0.286. The summed E-state index contributed by atoms with van der Waals surface area (Å²) < 4.78 is 0. The van der Waals surface area contributed by atoms with E-state index in [1.807, 2.05) is 0 Å². The lowest BCUT2D eigenvalue weighted by Crippen LogP contribution is -2.39. The van der Waals surface area contributed by atoms with E-state index < -0.39 is 30.1 Å². The number of rotatable bonds is 4. The van der Waals surface area contributed by atoms with Crippen molar-refractivity contribution in [3.05, 3.63) is 12.7 Å². The number of aliphatic hydroxyl groups excluding tert-OH is 2. The first-order valence-corrected chi connectivity index (χ1v) is 3.47. The summed E-state index contributed by atoms with van der Waals surface area (Å²) in [5.74, 6) is -4.02. The summed E-state index contributed by atoms with van der Waals surface area (Å²) in [5, 5.41) is 32.5. The van der Waals surface area contributed by atoms with Crippen molar-refractivity contribution in [1.29, 1.82) is 0 Å². The molecule has 0 heterocycles. The van der Waals surface area contributed by atoms with Crippen LogP contribution >= 0.6 is 0 Å². The number of carboxylic acid groups (broad SMARTS) is 2. The third-order valence-corrected chi connectivity index (χ3v) is 1.01. The van der Waals surface area contributed by atoms with Gasteiger partial charge in [-0.1, -0.05) is 6.58 Å². The van der Waals surface area contributed by atoms with Crippen LogP contribution in [-0.2, 0) is 14.4 Å². The third kappa shape index (κ3) is 8.40. The van der Waals surface area contributed by atoms with Gasteiger partial charge >= 0.3 is 11.9 Å². The van der Waals surface area contributed by atoms with Gasteiger partial charge < -0.3 is 26.2 Å². The molecule has 0 aromatic heterocycles. The molecule has 0 unspecified atom stereocenters. The van der Waals surface area contributed by atoms with E-state index >= 15 is 0 Å². The van der Waals surface area contributed by atoms with Crippen LogP contribution in [0, 0.1) is 0 Å². The van der Waals surface area contributed by atoms with Gasteiger partial charge in [0.1, 0.15) is 0 Å². The molecule has 1 amide bonds. The Labute approximate surface area is 84.2 Å². The Morgan fingerprint density at radius 3 is 1.33 bits per heavy atom. The Bertz CT molecular complexity index is 244. The number of hydrogen-bond donors (Lipinski definition) is 5. The third-order valence-electron chi connectivity index (χ3n) is 1.01. The van der Waals surface area contributed by atoms with E-state index in [2.05, 4.69) is 12.3 Å². The Balaban J connectivity index is 0. The van der Waals surface area contributed by atoms with E-state index in [9.17, 15) is 14.4 Å². The van der Waals surface area contributed by atoms with Crippen LogP contribution < -0.4 is 5.73 Å². The maximum absolute atomic E-state index is 9.77. The van der Waals surface area contributed by atoms with Crippen LogP contribution in [0.3, 0.4) is 0 Å². The summed E-state index contributed by atoms with van der Waals surface area (Å²) in [6.45, 7) is 3.09. The highest BCUT2D eigenvalue weighted by atomic mass is 16.4. The highest BCUT2D eigenvalue weighted by molar-refractivity contribution is 5.85. The monoisotopic (exact) mass is 221 g/mol. The van der Waals surface area contributed by atoms with E-state index in [1.54, 1.807) is 0 Å². The van der Waals surface area contributed by atoms with Crippen molar-refractivity contribution in [3.8, 4) is 0 Å². The minimum Gasteiger partial charge on any atom is -0.479 e. The highest BCUT2D eigenvalue weighted by Crippen LogP contribution is 1.92. The summed E-state index contributed by atoms with van der Waals surface area (Å²) >= 11 is 0. The van der Waals surface area contributed by atoms with Crippen molar-refractivity contribution in [1.82, 2.24) is 0 Å².